The zero-order valence-corrected chi connectivity index (χ0v) is 12.2. The van der Waals surface area contributed by atoms with Crippen LogP contribution in [0.15, 0.2) is 24.3 Å². The summed E-state index contributed by atoms with van der Waals surface area (Å²) in [7, 11) is 0. The topological polar surface area (TPSA) is 49.8 Å². The number of hydrogen-bond acceptors (Lipinski definition) is 3. The van der Waals surface area contributed by atoms with Crippen LogP contribution in [-0.2, 0) is 0 Å². The highest BCUT2D eigenvalue weighted by Crippen LogP contribution is 2.26. The molecule has 1 saturated heterocycles. The maximum Gasteiger partial charge on any atom is 0.254 e. The smallest absolute Gasteiger partial charge is 0.254 e. The first-order valence-electron chi connectivity index (χ1n) is 7.32. The van der Waals surface area contributed by atoms with Gasteiger partial charge in [0.2, 0.25) is 0 Å². The van der Waals surface area contributed by atoms with Crippen LogP contribution in [0.1, 0.15) is 37.0 Å². The van der Waals surface area contributed by atoms with E-state index in [2.05, 4.69) is 6.92 Å². The lowest BCUT2D eigenvalue weighted by atomic mass is 10.0. The van der Waals surface area contributed by atoms with Gasteiger partial charge in [-0.2, -0.15) is 0 Å². The van der Waals surface area contributed by atoms with Crippen molar-refractivity contribution in [3.8, 4) is 5.75 Å². The van der Waals surface area contributed by atoms with E-state index in [0.717, 1.165) is 18.6 Å². The van der Waals surface area contributed by atoms with E-state index in [-0.39, 0.29) is 18.6 Å². The number of likely N-dealkylation sites (tertiary alicyclic amines) is 1. The molecule has 1 heterocycles. The van der Waals surface area contributed by atoms with E-state index in [1.54, 1.807) is 17.0 Å². The van der Waals surface area contributed by atoms with Gasteiger partial charge < -0.3 is 14.7 Å². The van der Waals surface area contributed by atoms with Crippen molar-refractivity contribution in [2.45, 2.75) is 32.7 Å². The average molecular weight is 277 g/mol. The minimum atomic E-state index is -0.0669. The van der Waals surface area contributed by atoms with Crippen LogP contribution in [0, 0.1) is 5.92 Å². The normalized spacial score (nSPS) is 22.1. The molecule has 1 amide bonds. The van der Waals surface area contributed by atoms with Crippen LogP contribution in [0.25, 0.3) is 0 Å². The van der Waals surface area contributed by atoms with E-state index in [4.69, 9.17) is 4.74 Å². The Bertz CT molecular complexity index is 461. The Balaban J connectivity index is 2.12. The molecule has 20 heavy (non-hydrogen) atoms. The number of carbonyl (C=O) groups is 1. The van der Waals surface area contributed by atoms with E-state index in [9.17, 15) is 9.90 Å². The average Bonchev–Trinajstić information content (AvgIpc) is 2.85. The van der Waals surface area contributed by atoms with E-state index in [1.165, 1.54) is 0 Å². The van der Waals surface area contributed by atoms with Crippen LogP contribution in [0.2, 0.25) is 0 Å². The molecule has 0 spiro atoms. The van der Waals surface area contributed by atoms with Gasteiger partial charge in [-0.1, -0.05) is 19.9 Å². The van der Waals surface area contributed by atoms with Crippen LogP contribution in [0.3, 0.4) is 0 Å². The standard InChI is InChI=1S/C16H23NO3/c1-3-9-20-14-6-4-5-13(10-14)16(19)17-8-7-12(2)15(17)11-18/h4-6,10,12,15,18H,3,7-9,11H2,1-2H3. The van der Waals surface area contributed by atoms with Crippen molar-refractivity contribution >= 4 is 5.91 Å². The second-order valence-electron chi connectivity index (χ2n) is 5.39. The number of nitrogens with zero attached hydrogens (tertiary/aromatic N) is 1. The number of aliphatic hydroxyl groups is 1. The van der Waals surface area contributed by atoms with Crippen molar-refractivity contribution < 1.29 is 14.6 Å². The number of amides is 1. The Hall–Kier alpha value is -1.55. The lowest BCUT2D eigenvalue weighted by molar-refractivity contribution is 0.0647. The molecule has 1 aromatic rings. The second-order valence-corrected chi connectivity index (χ2v) is 5.39. The Labute approximate surface area is 120 Å². The molecule has 0 bridgehead atoms. The summed E-state index contributed by atoms with van der Waals surface area (Å²) in [6.07, 6.45) is 1.89. The van der Waals surface area contributed by atoms with Gasteiger partial charge in [0.05, 0.1) is 19.3 Å². The van der Waals surface area contributed by atoms with Gasteiger partial charge in [0.1, 0.15) is 5.75 Å². The number of hydrogen-bond donors (Lipinski definition) is 1. The van der Waals surface area contributed by atoms with Crippen molar-refractivity contribution in [2.24, 2.45) is 5.92 Å². The lowest BCUT2D eigenvalue weighted by Crippen LogP contribution is -2.39. The number of benzene rings is 1. The SMILES string of the molecule is CCCOc1cccc(C(=O)N2CCC(C)C2CO)c1. The van der Waals surface area contributed by atoms with Crippen LogP contribution in [-0.4, -0.2) is 41.7 Å². The largest absolute Gasteiger partial charge is 0.494 e. The Morgan fingerprint density at radius 2 is 2.30 bits per heavy atom. The highest BCUT2D eigenvalue weighted by atomic mass is 16.5. The Morgan fingerprint density at radius 3 is 3.00 bits per heavy atom. The summed E-state index contributed by atoms with van der Waals surface area (Å²) in [4.78, 5) is 14.3. The van der Waals surface area contributed by atoms with E-state index >= 15 is 0 Å². The number of rotatable bonds is 5. The number of aliphatic hydroxyl groups excluding tert-OH is 1. The monoisotopic (exact) mass is 277 g/mol. The van der Waals surface area contributed by atoms with Crippen molar-refractivity contribution in [1.29, 1.82) is 0 Å². The molecular formula is C16H23NO3. The van der Waals surface area contributed by atoms with Gasteiger partial charge in [-0.05, 0) is 37.0 Å². The first-order chi connectivity index (χ1) is 9.67. The summed E-state index contributed by atoms with van der Waals surface area (Å²) in [5.41, 5.74) is 0.631. The molecule has 0 aliphatic carbocycles. The fraction of sp³-hybridized carbons (Fsp3) is 0.562. The van der Waals surface area contributed by atoms with Gasteiger partial charge in [0.25, 0.3) is 5.91 Å². The molecule has 2 atom stereocenters. The van der Waals surface area contributed by atoms with E-state index in [1.807, 2.05) is 19.1 Å². The molecule has 1 N–H and O–H groups in total. The molecule has 0 saturated carbocycles. The molecule has 0 aromatic heterocycles. The molecule has 2 unspecified atom stereocenters. The summed E-state index contributed by atoms with van der Waals surface area (Å²) in [5, 5.41) is 9.45. The predicted molar refractivity (Wildman–Crippen MR) is 77.9 cm³/mol. The van der Waals surface area contributed by atoms with E-state index in [0.29, 0.717) is 24.6 Å². The van der Waals surface area contributed by atoms with Gasteiger partial charge in [-0.15, -0.1) is 0 Å². The lowest BCUT2D eigenvalue weighted by Gasteiger charge is -2.25. The second kappa shape index (κ2) is 6.75. The zero-order chi connectivity index (χ0) is 14.5. The number of ether oxygens (including phenoxy) is 1. The molecule has 1 aliphatic rings. The third-order valence-electron chi connectivity index (χ3n) is 3.88. The minimum Gasteiger partial charge on any atom is -0.494 e. The van der Waals surface area contributed by atoms with Crippen LogP contribution in [0.4, 0.5) is 0 Å². The van der Waals surface area contributed by atoms with Gasteiger partial charge >= 0.3 is 0 Å². The third kappa shape index (κ3) is 3.12. The van der Waals surface area contributed by atoms with Crippen LogP contribution < -0.4 is 4.74 Å². The van der Waals surface area contributed by atoms with Crippen LogP contribution in [0.5, 0.6) is 5.75 Å². The maximum atomic E-state index is 12.5. The molecule has 1 aliphatic heterocycles. The molecule has 1 aromatic carbocycles. The summed E-state index contributed by atoms with van der Waals surface area (Å²) >= 11 is 0. The molecule has 4 nitrogen and oxygen atoms in total. The van der Waals surface area contributed by atoms with Gasteiger partial charge in [-0.25, -0.2) is 0 Å². The highest BCUT2D eigenvalue weighted by molar-refractivity contribution is 5.95. The van der Waals surface area contributed by atoms with E-state index < -0.39 is 0 Å². The first-order valence-corrected chi connectivity index (χ1v) is 7.32. The quantitative estimate of drug-likeness (QED) is 0.898. The summed E-state index contributed by atoms with van der Waals surface area (Å²) in [5.74, 6) is 1.06. The van der Waals surface area contributed by atoms with Gasteiger partial charge in [-0.3, -0.25) is 4.79 Å². The summed E-state index contributed by atoms with van der Waals surface area (Å²) < 4.78 is 5.56. The van der Waals surface area contributed by atoms with Crippen LogP contribution >= 0.6 is 0 Å². The van der Waals surface area contributed by atoms with Crippen molar-refractivity contribution in [1.82, 2.24) is 4.90 Å². The Morgan fingerprint density at radius 1 is 1.50 bits per heavy atom. The predicted octanol–water partition coefficient (Wildman–Crippen LogP) is 2.32. The fourth-order valence-electron chi connectivity index (χ4n) is 2.64. The third-order valence-corrected chi connectivity index (χ3v) is 3.88. The molecular weight excluding hydrogens is 254 g/mol. The molecule has 2 rings (SSSR count). The Kier molecular flexibility index (Phi) is 5.01. The van der Waals surface area contributed by atoms with Crippen molar-refractivity contribution in [2.75, 3.05) is 19.8 Å². The zero-order valence-electron chi connectivity index (χ0n) is 12.2. The first kappa shape index (κ1) is 14.9. The summed E-state index contributed by atoms with van der Waals surface area (Å²) in [6, 6.07) is 7.23. The molecule has 0 radical (unpaired) electrons. The molecule has 110 valence electrons. The number of carbonyl (C=O) groups excluding carboxylic acids is 1. The van der Waals surface area contributed by atoms with Gasteiger partial charge in [0, 0.05) is 12.1 Å². The van der Waals surface area contributed by atoms with Gasteiger partial charge in [0.15, 0.2) is 0 Å². The molecule has 1 fully saturated rings. The summed E-state index contributed by atoms with van der Waals surface area (Å²) in [6.45, 7) is 5.52. The van der Waals surface area contributed by atoms with Crippen molar-refractivity contribution in [3.63, 3.8) is 0 Å². The highest BCUT2D eigenvalue weighted by Gasteiger charge is 2.34. The fourth-order valence-corrected chi connectivity index (χ4v) is 2.64. The van der Waals surface area contributed by atoms with Crippen molar-refractivity contribution in [3.05, 3.63) is 29.8 Å². The molecule has 4 heteroatoms. The minimum absolute atomic E-state index is 0.0182. The maximum absolute atomic E-state index is 12.5.